The van der Waals surface area contributed by atoms with Crippen LogP contribution in [0.15, 0.2) is 42.6 Å². The average Bonchev–Trinajstić information content (AvgIpc) is 2.86. The Kier molecular flexibility index (Phi) is 6.00. The second-order valence-corrected chi connectivity index (χ2v) is 8.06. The van der Waals surface area contributed by atoms with Crippen LogP contribution in [0.3, 0.4) is 0 Å². The van der Waals surface area contributed by atoms with Crippen LogP contribution in [0.5, 0.6) is 5.75 Å². The lowest BCUT2D eigenvalue weighted by molar-refractivity contribution is -0.129. The van der Waals surface area contributed by atoms with Gasteiger partial charge >= 0.3 is 0 Å². The molecule has 1 saturated heterocycles. The number of nitrogens with one attached hydrogen (secondary N) is 3. The lowest BCUT2D eigenvalue weighted by atomic mass is 10.2. The first-order valence-electron chi connectivity index (χ1n) is 11.1. The minimum Gasteiger partial charge on any atom is -0.480 e. The number of anilines is 6. The Labute approximate surface area is 200 Å². The predicted octanol–water partition coefficient (Wildman–Crippen LogP) is 2.50. The van der Waals surface area contributed by atoms with Gasteiger partial charge in [0.15, 0.2) is 29.8 Å². The van der Waals surface area contributed by atoms with Crippen LogP contribution in [-0.4, -0.2) is 64.5 Å². The molecule has 0 radical (unpaired) electrons. The van der Waals surface area contributed by atoms with Gasteiger partial charge in [-0.25, -0.2) is 14.4 Å². The highest BCUT2D eigenvalue weighted by Gasteiger charge is 2.20. The Bertz CT molecular complexity index is 1260. The number of rotatable bonds is 5. The average molecular weight is 478 g/mol. The monoisotopic (exact) mass is 478 g/mol. The number of benzene rings is 1. The van der Waals surface area contributed by atoms with E-state index in [1.165, 1.54) is 0 Å². The van der Waals surface area contributed by atoms with Gasteiger partial charge in [0.2, 0.25) is 11.9 Å². The first kappa shape index (κ1) is 22.3. The fourth-order valence-electron chi connectivity index (χ4n) is 3.83. The van der Waals surface area contributed by atoms with Crippen molar-refractivity contribution < 1.29 is 18.7 Å². The zero-order chi connectivity index (χ0) is 24.4. The molecule has 0 atom stereocenters. The van der Waals surface area contributed by atoms with Gasteiger partial charge in [0.25, 0.3) is 5.91 Å². The van der Waals surface area contributed by atoms with E-state index in [1.807, 2.05) is 29.2 Å². The molecule has 11 nitrogen and oxygen atoms in total. The molecule has 1 fully saturated rings. The Morgan fingerprint density at radius 2 is 1.83 bits per heavy atom. The largest absolute Gasteiger partial charge is 0.480 e. The maximum atomic E-state index is 14.4. The third-order valence-corrected chi connectivity index (χ3v) is 5.68. The summed E-state index contributed by atoms with van der Waals surface area (Å²) in [5.41, 5.74) is 1.79. The van der Waals surface area contributed by atoms with Crippen molar-refractivity contribution >= 4 is 46.6 Å². The van der Waals surface area contributed by atoms with Gasteiger partial charge in [-0.15, -0.1) is 0 Å². The van der Waals surface area contributed by atoms with Crippen molar-refractivity contribution in [2.24, 2.45) is 0 Å². The summed E-state index contributed by atoms with van der Waals surface area (Å²) in [5, 5.41) is 8.48. The molecule has 0 spiro atoms. The van der Waals surface area contributed by atoms with E-state index in [9.17, 15) is 14.0 Å². The van der Waals surface area contributed by atoms with Gasteiger partial charge in [-0.05, 0) is 36.4 Å². The molecule has 2 aliphatic rings. The molecular formula is C23H23FN8O3. The maximum absolute atomic E-state index is 14.4. The summed E-state index contributed by atoms with van der Waals surface area (Å²) in [7, 11) is 0. The number of carbonyl (C=O) groups is 2. The van der Waals surface area contributed by atoms with Gasteiger partial charge in [0.05, 0.1) is 6.20 Å². The molecular weight excluding hydrogens is 455 g/mol. The fourth-order valence-corrected chi connectivity index (χ4v) is 3.83. The van der Waals surface area contributed by atoms with E-state index in [-0.39, 0.29) is 41.8 Å². The number of nitrogens with zero attached hydrogens (tertiary/aromatic N) is 5. The van der Waals surface area contributed by atoms with Crippen LogP contribution in [-0.2, 0) is 9.59 Å². The molecule has 1 aromatic carbocycles. The zero-order valence-electron chi connectivity index (χ0n) is 18.9. The molecule has 12 heteroatoms. The number of hydrogen-bond acceptors (Lipinski definition) is 9. The quantitative estimate of drug-likeness (QED) is 0.507. The molecule has 180 valence electrons. The van der Waals surface area contributed by atoms with Crippen LogP contribution < -0.4 is 25.6 Å². The molecule has 5 rings (SSSR count). The van der Waals surface area contributed by atoms with Crippen molar-refractivity contribution in [2.45, 2.75) is 6.92 Å². The molecule has 0 aliphatic carbocycles. The van der Waals surface area contributed by atoms with E-state index in [2.05, 4.69) is 35.8 Å². The topological polar surface area (TPSA) is 125 Å². The number of amides is 2. The molecule has 3 aromatic rings. The molecule has 4 heterocycles. The SMILES string of the molecule is CC(=O)N1CCN(c2ccc(Nc3ncc(F)c(Nc4ccc5c(n4)NC(=O)CO5)n3)cc2)CC1. The van der Waals surface area contributed by atoms with E-state index in [4.69, 9.17) is 4.74 Å². The second-order valence-electron chi connectivity index (χ2n) is 8.06. The van der Waals surface area contributed by atoms with Crippen molar-refractivity contribution in [3.8, 4) is 5.75 Å². The molecule has 0 unspecified atom stereocenters. The second kappa shape index (κ2) is 9.41. The molecule has 0 saturated carbocycles. The number of halogens is 1. The Morgan fingerprint density at radius 3 is 2.57 bits per heavy atom. The van der Waals surface area contributed by atoms with Crippen LogP contribution in [0.25, 0.3) is 0 Å². The zero-order valence-corrected chi connectivity index (χ0v) is 18.9. The number of carbonyl (C=O) groups excluding carboxylic acids is 2. The number of hydrogen-bond donors (Lipinski definition) is 3. The van der Waals surface area contributed by atoms with Gasteiger partial charge in [0.1, 0.15) is 5.82 Å². The summed E-state index contributed by atoms with van der Waals surface area (Å²) in [6, 6.07) is 11.0. The fraction of sp³-hybridized carbons (Fsp3) is 0.261. The highest BCUT2D eigenvalue weighted by atomic mass is 19.1. The summed E-state index contributed by atoms with van der Waals surface area (Å²) in [6.45, 7) is 4.46. The number of aromatic nitrogens is 3. The molecule has 2 amide bonds. The van der Waals surface area contributed by atoms with Gasteiger partial charge < -0.3 is 30.5 Å². The molecule has 0 bridgehead atoms. The normalized spacial score (nSPS) is 15.1. The van der Waals surface area contributed by atoms with Crippen LogP contribution in [0.1, 0.15) is 6.92 Å². The third-order valence-electron chi connectivity index (χ3n) is 5.68. The van der Waals surface area contributed by atoms with Crippen molar-refractivity contribution in [2.75, 3.05) is 53.6 Å². The first-order chi connectivity index (χ1) is 16.9. The van der Waals surface area contributed by atoms with E-state index < -0.39 is 5.82 Å². The van der Waals surface area contributed by atoms with Gasteiger partial charge in [0, 0.05) is 44.5 Å². The van der Waals surface area contributed by atoms with Gasteiger partial charge in [-0.2, -0.15) is 4.98 Å². The number of pyridine rings is 1. The van der Waals surface area contributed by atoms with Crippen LogP contribution in [0.4, 0.5) is 39.2 Å². The van der Waals surface area contributed by atoms with Gasteiger partial charge in [-0.3, -0.25) is 9.59 Å². The van der Waals surface area contributed by atoms with E-state index in [0.717, 1.165) is 30.7 Å². The lowest BCUT2D eigenvalue weighted by Gasteiger charge is -2.35. The Balaban J connectivity index is 1.25. The number of piperazine rings is 1. The highest BCUT2D eigenvalue weighted by Crippen LogP contribution is 2.28. The Hall–Kier alpha value is -4.48. The summed E-state index contributed by atoms with van der Waals surface area (Å²) in [6.07, 6.45) is 1.06. The third kappa shape index (κ3) is 5.05. The molecule has 35 heavy (non-hydrogen) atoms. The molecule has 3 N–H and O–H groups in total. The molecule has 2 aliphatic heterocycles. The summed E-state index contributed by atoms with van der Waals surface area (Å²) in [5.74, 6) is 0.227. The lowest BCUT2D eigenvalue weighted by Crippen LogP contribution is -2.48. The van der Waals surface area contributed by atoms with Crippen LogP contribution >= 0.6 is 0 Å². The van der Waals surface area contributed by atoms with E-state index in [1.54, 1.807) is 19.1 Å². The number of ether oxygens (including phenoxy) is 1. The Morgan fingerprint density at radius 1 is 1.06 bits per heavy atom. The molecule has 2 aromatic heterocycles. The van der Waals surface area contributed by atoms with Crippen molar-refractivity contribution in [3.05, 3.63) is 48.4 Å². The highest BCUT2D eigenvalue weighted by molar-refractivity contribution is 5.94. The smallest absolute Gasteiger partial charge is 0.263 e. The van der Waals surface area contributed by atoms with E-state index in [0.29, 0.717) is 18.8 Å². The maximum Gasteiger partial charge on any atom is 0.263 e. The minimum absolute atomic E-state index is 0.0713. The van der Waals surface area contributed by atoms with Gasteiger partial charge in [-0.1, -0.05) is 0 Å². The van der Waals surface area contributed by atoms with Crippen molar-refractivity contribution in [1.82, 2.24) is 19.9 Å². The van der Waals surface area contributed by atoms with E-state index >= 15 is 0 Å². The standard InChI is InChI=1S/C23H23FN8O3/c1-14(33)31-8-10-32(11-9-31)16-4-2-15(3-5-16)26-23-25-12-17(24)21(30-23)27-19-7-6-18-22(28-19)29-20(34)13-35-18/h2-7,12H,8-11,13H2,1H3,(H3,25,26,27,28,29,30,34). The first-order valence-corrected chi connectivity index (χ1v) is 11.1. The van der Waals surface area contributed by atoms with Crippen molar-refractivity contribution in [1.29, 1.82) is 0 Å². The van der Waals surface area contributed by atoms with Crippen LogP contribution in [0, 0.1) is 5.82 Å². The number of fused-ring (bicyclic) bond motifs is 1. The predicted molar refractivity (Wildman–Crippen MR) is 128 cm³/mol. The summed E-state index contributed by atoms with van der Waals surface area (Å²) in [4.78, 5) is 39.6. The minimum atomic E-state index is -0.657. The summed E-state index contributed by atoms with van der Waals surface area (Å²) >= 11 is 0. The van der Waals surface area contributed by atoms with Crippen LogP contribution in [0.2, 0.25) is 0 Å². The summed E-state index contributed by atoms with van der Waals surface area (Å²) < 4.78 is 19.6. The van der Waals surface area contributed by atoms with Crippen molar-refractivity contribution in [3.63, 3.8) is 0 Å².